The highest BCUT2D eigenvalue weighted by molar-refractivity contribution is 5.09. The summed E-state index contributed by atoms with van der Waals surface area (Å²) >= 11 is 0. The maximum absolute atomic E-state index is 10.0. The summed E-state index contributed by atoms with van der Waals surface area (Å²) in [4.78, 5) is 0. The highest BCUT2D eigenvalue weighted by Crippen LogP contribution is 2.56. The number of hydrogen-bond donors (Lipinski definition) is 0. The number of fused-ring (bicyclic) bond motifs is 1. The molecule has 4 unspecified atom stereocenters. The third kappa shape index (κ3) is 4.43. The van der Waals surface area contributed by atoms with Gasteiger partial charge in [-0.15, -0.1) is 0 Å². The molecule has 3 rings (SSSR count). The molecule has 0 aromatic heterocycles. The molecule has 0 N–H and O–H groups in total. The minimum absolute atomic E-state index is 0.0624. The zero-order valence-corrected chi connectivity index (χ0v) is 16.9. The van der Waals surface area contributed by atoms with E-state index in [9.17, 15) is 5.26 Å². The smallest absolute Gasteiger partial charge is 0.0692 e. The first-order valence-electron chi connectivity index (χ1n) is 11.6. The van der Waals surface area contributed by atoms with E-state index in [1.165, 1.54) is 96.3 Å². The van der Waals surface area contributed by atoms with E-state index in [0.717, 1.165) is 29.6 Å². The molecule has 3 aliphatic carbocycles. The average Bonchev–Trinajstić information content (AvgIpc) is 2.66. The Morgan fingerprint density at radius 2 is 1.60 bits per heavy atom. The number of rotatable bonds is 6. The molecule has 4 atom stereocenters. The highest BCUT2D eigenvalue weighted by atomic mass is 14.5. The molecular formula is C24H41N. The van der Waals surface area contributed by atoms with Crippen molar-refractivity contribution in [2.75, 3.05) is 0 Å². The highest BCUT2D eigenvalue weighted by Gasteiger charge is 2.48. The first-order chi connectivity index (χ1) is 12.2. The van der Waals surface area contributed by atoms with Gasteiger partial charge < -0.3 is 0 Å². The summed E-state index contributed by atoms with van der Waals surface area (Å²) in [5, 5.41) is 10.0. The molecule has 1 nitrogen and oxygen atoms in total. The van der Waals surface area contributed by atoms with E-state index in [1.54, 1.807) is 0 Å². The molecule has 25 heavy (non-hydrogen) atoms. The Labute approximate surface area is 157 Å². The van der Waals surface area contributed by atoms with Crippen LogP contribution < -0.4 is 0 Å². The molecule has 0 aromatic carbocycles. The Morgan fingerprint density at radius 3 is 2.28 bits per heavy atom. The van der Waals surface area contributed by atoms with E-state index in [4.69, 9.17) is 0 Å². The summed E-state index contributed by atoms with van der Waals surface area (Å²) in [6.45, 7) is 4.63. The van der Waals surface area contributed by atoms with Crippen LogP contribution in [0.2, 0.25) is 0 Å². The molecular weight excluding hydrogens is 302 g/mol. The lowest BCUT2D eigenvalue weighted by Crippen LogP contribution is -2.42. The van der Waals surface area contributed by atoms with Gasteiger partial charge in [-0.3, -0.25) is 0 Å². The largest absolute Gasteiger partial charge is 0.198 e. The van der Waals surface area contributed by atoms with Crippen LogP contribution in [0.4, 0.5) is 0 Å². The molecule has 142 valence electrons. The molecule has 0 radical (unpaired) electrons. The van der Waals surface area contributed by atoms with Crippen molar-refractivity contribution in [2.45, 2.75) is 110 Å². The topological polar surface area (TPSA) is 23.8 Å². The van der Waals surface area contributed by atoms with E-state index in [0.29, 0.717) is 0 Å². The average molecular weight is 344 g/mol. The Balaban J connectivity index is 1.53. The monoisotopic (exact) mass is 343 g/mol. The van der Waals surface area contributed by atoms with Gasteiger partial charge in [0.15, 0.2) is 0 Å². The number of nitriles is 1. The van der Waals surface area contributed by atoms with Gasteiger partial charge in [-0.1, -0.05) is 65.2 Å². The lowest BCUT2D eigenvalue weighted by Gasteiger charge is -2.50. The van der Waals surface area contributed by atoms with Crippen LogP contribution in [-0.2, 0) is 0 Å². The van der Waals surface area contributed by atoms with E-state index < -0.39 is 0 Å². The molecule has 0 spiro atoms. The minimum Gasteiger partial charge on any atom is -0.198 e. The van der Waals surface area contributed by atoms with E-state index in [-0.39, 0.29) is 5.41 Å². The molecule has 0 bridgehead atoms. The van der Waals surface area contributed by atoms with Gasteiger partial charge in [-0.2, -0.15) is 5.26 Å². The normalized spacial score (nSPS) is 41.7. The molecule has 3 saturated carbocycles. The van der Waals surface area contributed by atoms with E-state index in [2.05, 4.69) is 19.9 Å². The summed E-state index contributed by atoms with van der Waals surface area (Å²) < 4.78 is 0. The second kappa shape index (κ2) is 8.92. The number of hydrogen-bond acceptors (Lipinski definition) is 1. The predicted octanol–water partition coefficient (Wildman–Crippen LogP) is 7.51. The minimum atomic E-state index is 0.0624. The van der Waals surface area contributed by atoms with Crippen LogP contribution in [0.1, 0.15) is 110 Å². The Kier molecular flexibility index (Phi) is 6.87. The first-order valence-corrected chi connectivity index (χ1v) is 11.6. The van der Waals surface area contributed by atoms with Gasteiger partial charge in [0.25, 0.3) is 0 Å². The molecule has 3 fully saturated rings. The van der Waals surface area contributed by atoms with Crippen LogP contribution in [0.3, 0.4) is 0 Å². The van der Waals surface area contributed by atoms with Crippen LogP contribution in [-0.4, -0.2) is 0 Å². The SMILES string of the molecule is CCCCC1CCC(C2CCC3(C#N)CC(CCC)CCC3C2)CC1. The maximum Gasteiger partial charge on any atom is 0.0692 e. The predicted molar refractivity (Wildman–Crippen MR) is 106 cm³/mol. The second-order valence-electron chi connectivity index (χ2n) is 9.86. The van der Waals surface area contributed by atoms with Gasteiger partial charge in [-0.05, 0) is 74.5 Å². The van der Waals surface area contributed by atoms with Crippen molar-refractivity contribution < 1.29 is 0 Å². The van der Waals surface area contributed by atoms with Crippen molar-refractivity contribution in [2.24, 2.45) is 35.0 Å². The lowest BCUT2D eigenvalue weighted by atomic mass is 9.53. The van der Waals surface area contributed by atoms with Crippen molar-refractivity contribution in [1.29, 1.82) is 5.26 Å². The summed E-state index contributed by atoms with van der Waals surface area (Å²) in [5.74, 6) is 4.53. The Hall–Kier alpha value is -0.510. The Bertz CT molecular complexity index is 442. The summed E-state index contributed by atoms with van der Waals surface area (Å²) in [7, 11) is 0. The van der Waals surface area contributed by atoms with Crippen molar-refractivity contribution >= 4 is 0 Å². The molecule has 0 aliphatic heterocycles. The van der Waals surface area contributed by atoms with Gasteiger partial charge in [0.1, 0.15) is 0 Å². The molecule has 0 aromatic rings. The van der Waals surface area contributed by atoms with E-state index >= 15 is 0 Å². The van der Waals surface area contributed by atoms with Gasteiger partial charge in [-0.25, -0.2) is 0 Å². The standard InChI is InChI=1S/C24H41N/c1-3-5-7-19-8-11-21(12-9-19)22-14-15-24(18-25)17-20(6-4-2)10-13-23(24)16-22/h19-23H,3-17H2,1-2H3. The van der Waals surface area contributed by atoms with Gasteiger partial charge in [0.05, 0.1) is 11.5 Å². The van der Waals surface area contributed by atoms with Gasteiger partial charge >= 0.3 is 0 Å². The molecule has 0 saturated heterocycles. The van der Waals surface area contributed by atoms with Crippen LogP contribution in [0.25, 0.3) is 0 Å². The zero-order valence-electron chi connectivity index (χ0n) is 16.9. The quantitative estimate of drug-likeness (QED) is 0.489. The van der Waals surface area contributed by atoms with Gasteiger partial charge in [0, 0.05) is 0 Å². The number of nitrogens with zero attached hydrogens (tertiary/aromatic N) is 1. The molecule has 0 amide bonds. The van der Waals surface area contributed by atoms with Gasteiger partial charge in [0.2, 0.25) is 0 Å². The summed E-state index contributed by atoms with van der Waals surface area (Å²) in [5.41, 5.74) is 0.0624. The fourth-order valence-electron chi connectivity index (χ4n) is 6.79. The maximum atomic E-state index is 10.0. The summed E-state index contributed by atoms with van der Waals surface area (Å²) in [6.07, 6.45) is 20.8. The van der Waals surface area contributed by atoms with Crippen LogP contribution in [0.5, 0.6) is 0 Å². The molecule has 3 aliphatic rings. The fraction of sp³-hybridized carbons (Fsp3) is 0.958. The third-order valence-electron chi connectivity index (χ3n) is 8.35. The fourth-order valence-corrected chi connectivity index (χ4v) is 6.79. The summed E-state index contributed by atoms with van der Waals surface area (Å²) in [6, 6.07) is 2.86. The van der Waals surface area contributed by atoms with E-state index in [1.807, 2.05) is 0 Å². The molecule has 0 heterocycles. The van der Waals surface area contributed by atoms with Crippen LogP contribution >= 0.6 is 0 Å². The lowest BCUT2D eigenvalue weighted by molar-refractivity contribution is 0.0149. The first kappa shape index (κ1) is 19.3. The van der Waals surface area contributed by atoms with Crippen LogP contribution in [0, 0.1) is 46.3 Å². The zero-order chi connectivity index (χ0) is 17.7. The third-order valence-corrected chi connectivity index (χ3v) is 8.35. The van der Waals surface area contributed by atoms with Crippen molar-refractivity contribution in [3.05, 3.63) is 0 Å². The second-order valence-corrected chi connectivity index (χ2v) is 9.86. The van der Waals surface area contributed by atoms with Crippen molar-refractivity contribution in [3.63, 3.8) is 0 Å². The van der Waals surface area contributed by atoms with Crippen molar-refractivity contribution in [1.82, 2.24) is 0 Å². The van der Waals surface area contributed by atoms with Crippen LogP contribution in [0.15, 0.2) is 0 Å². The Morgan fingerprint density at radius 1 is 0.840 bits per heavy atom. The number of unbranched alkanes of at least 4 members (excludes halogenated alkanes) is 1. The molecule has 1 heteroatoms. The van der Waals surface area contributed by atoms with Crippen molar-refractivity contribution in [3.8, 4) is 6.07 Å².